The number of nitrogens with zero attached hydrogens (tertiary/aromatic N) is 3. The maximum Gasteiger partial charge on any atom is 0.259 e. The molecule has 0 saturated heterocycles. The molecule has 0 aliphatic heterocycles. The summed E-state index contributed by atoms with van der Waals surface area (Å²) < 4.78 is 1.69. The molecule has 130 valence electrons. The van der Waals surface area contributed by atoms with Gasteiger partial charge in [-0.15, -0.1) is 11.3 Å². The fourth-order valence-corrected chi connectivity index (χ4v) is 3.84. The van der Waals surface area contributed by atoms with Crippen LogP contribution >= 0.6 is 23.1 Å². The van der Waals surface area contributed by atoms with E-state index in [9.17, 15) is 9.90 Å². The van der Waals surface area contributed by atoms with Crippen molar-refractivity contribution in [1.29, 1.82) is 0 Å². The minimum Gasteiger partial charge on any atom is -0.398 e. The smallest absolute Gasteiger partial charge is 0.259 e. The Morgan fingerprint density at radius 3 is 2.96 bits per heavy atom. The zero-order chi connectivity index (χ0) is 18.0. The van der Waals surface area contributed by atoms with Gasteiger partial charge >= 0.3 is 0 Å². The van der Waals surface area contributed by atoms with Gasteiger partial charge in [-0.05, 0) is 25.1 Å². The number of amides is 1. The van der Waals surface area contributed by atoms with E-state index in [-0.39, 0.29) is 12.5 Å². The topological polar surface area (TPSA) is 106 Å². The Balaban J connectivity index is 1.85. The Kier molecular flexibility index (Phi) is 5.07. The summed E-state index contributed by atoms with van der Waals surface area (Å²) in [5.74, 6) is -0.304. The predicted molar refractivity (Wildman–Crippen MR) is 98.9 cm³/mol. The maximum absolute atomic E-state index is 12.5. The van der Waals surface area contributed by atoms with E-state index in [1.54, 1.807) is 30.1 Å². The molecule has 0 unspecified atom stereocenters. The molecule has 25 heavy (non-hydrogen) atoms. The number of aryl methyl sites for hydroxylation is 2. The zero-order valence-corrected chi connectivity index (χ0v) is 15.3. The molecule has 0 aliphatic carbocycles. The van der Waals surface area contributed by atoms with E-state index in [2.05, 4.69) is 15.4 Å². The number of nitrogen functional groups attached to an aromatic ring is 1. The van der Waals surface area contributed by atoms with Crippen LogP contribution in [-0.4, -0.2) is 25.8 Å². The van der Waals surface area contributed by atoms with Crippen LogP contribution in [0.5, 0.6) is 0 Å². The maximum atomic E-state index is 12.5. The number of nitrogens with one attached hydrogen (secondary N) is 1. The molecule has 0 aliphatic rings. The molecule has 0 radical (unpaired) electrons. The van der Waals surface area contributed by atoms with Gasteiger partial charge in [-0.2, -0.15) is 5.10 Å². The molecule has 3 rings (SSSR count). The van der Waals surface area contributed by atoms with Crippen molar-refractivity contribution in [2.24, 2.45) is 7.05 Å². The van der Waals surface area contributed by atoms with Gasteiger partial charge in [0.15, 0.2) is 5.13 Å². The van der Waals surface area contributed by atoms with Crippen molar-refractivity contribution in [3.05, 3.63) is 46.6 Å². The van der Waals surface area contributed by atoms with Crippen LogP contribution in [0.3, 0.4) is 0 Å². The zero-order valence-electron chi connectivity index (χ0n) is 13.7. The Hall–Kier alpha value is -2.36. The van der Waals surface area contributed by atoms with Gasteiger partial charge in [0, 0.05) is 28.6 Å². The fraction of sp³-hybridized carbons (Fsp3) is 0.188. The summed E-state index contributed by atoms with van der Waals surface area (Å²) in [7, 11) is 1.80. The van der Waals surface area contributed by atoms with E-state index in [0.29, 0.717) is 16.4 Å². The Bertz CT molecular complexity index is 919. The third kappa shape index (κ3) is 3.84. The van der Waals surface area contributed by atoms with Gasteiger partial charge in [0.05, 0.1) is 24.1 Å². The lowest BCUT2D eigenvalue weighted by Crippen LogP contribution is -2.14. The summed E-state index contributed by atoms with van der Waals surface area (Å²) in [4.78, 5) is 17.5. The quantitative estimate of drug-likeness (QED) is 0.592. The highest BCUT2D eigenvalue weighted by Gasteiger charge is 2.15. The number of nitrogens with two attached hydrogens (primary N) is 1. The molecule has 2 heterocycles. The first kappa shape index (κ1) is 17.5. The van der Waals surface area contributed by atoms with Crippen LogP contribution in [-0.2, 0) is 13.7 Å². The number of hydrogen-bond donors (Lipinski definition) is 3. The van der Waals surface area contributed by atoms with E-state index in [4.69, 9.17) is 5.73 Å². The number of anilines is 2. The van der Waals surface area contributed by atoms with Crippen molar-refractivity contribution < 1.29 is 9.90 Å². The van der Waals surface area contributed by atoms with Crippen LogP contribution in [0.2, 0.25) is 0 Å². The van der Waals surface area contributed by atoms with Crippen LogP contribution in [0.25, 0.3) is 0 Å². The SMILES string of the molecule is Cc1csc(NC(=O)c2cc(Sc3c(CO)cnn3C)ccc2N)n1. The number of benzene rings is 1. The Labute approximate surface area is 152 Å². The van der Waals surface area contributed by atoms with Crippen LogP contribution in [0.4, 0.5) is 10.8 Å². The number of aliphatic hydroxyl groups excluding tert-OH is 1. The number of aromatic nitrogens is 3. The average molecular weight is 375 g/mol. The largest absolute Gasteiger partial charge is 0.398 e. The van der Waals surface area contributed by atoms with Gasteiger partial charge < -0.3 is 10.8 Å². The lowest BCUT2D eigenvalue weighted by molar-refractivity contribution is 0.102. The second-order valence-corrected chi connectivity index (χ2v) is 7.28. The molecule has 3 aromatic rings. The van der Waals surface area contributed by atoms with Crippen molar-refractivity contribution in [3.8, 4) is 0 Å². The Morgan fingerprint density at radius 2 is 2.28 bits per heavy atom. The number of carbonyl (C=O) groups excluding carboxylic acids is 1. The molecule has 0 fully saturated rings. The summed E-state index contributed by atoms with van der Waals surface area (Å²) in [6, 6.07) is 5.25. The van der Waals surface area contributed by atoms with Gasteiger partial charge in [0.2, 0.25) is 0 Å². The highest BCUT2D eigenvalue weighted by atomic mass is 32.2. The molecular formula is C16H17N5O2S2. The molecule has 4 N–H and O–H groups in total. The molecule has 2 aromatic heterocycles. The van der Waals surface area contributed by atoms with Crippen molar-refractivity contribution in [1.82, 2.24) is 14.8 Å². The standard InChI is InChI=1S/C16H17N5O2S2/c1-9-8-24-16(19-9)20-14(23)12-5-11(3-4-13(12)17)25-15-10(7-22)6-18-21(15)2/h3-6,8,22H,7,17H2,1-2H3,(H,19,20,23). The monoisotopic (exact) mass is 375 g/mol. The van der Waals surface area contributed by atoms with Crippen LogP contribution in [0.1, 0.15) is 21.6 Å². The van der Waals surface area contributed by atoms with Crippen LogP contribution in [0.15, 0.2) is 39.7 Å². The van der Waals surface area contributed by atoms with Crippen molar-refractivity contribution in [2.75, 3.05) is 11.1 Å². The minimum absolute atomic E-state index is 0.0953. The summed E-state index contributed by atoms with van der Waals surface area (Å²) in [5.41, 5.74) is 8.32. The molecular weight excluding hydrogens is 358 g/mol. The molecule has 0 atom stereocenters. The first-order chi connectivity index (χ1) is 12.0. The van der Waals surface area contributed by atoms with Crippen molar-refractivity contribution in [2.45, 2.75) is 23.5 Å². The number of aliphatic hydroxyl groups is 1. The van der Waals surface area contributed by atoms with Crippen molar-refractivity contribution >= 4 is 39.8 Å². The molecule has 0 bridgehead atoms. The molecule has 1 amide bonds. The molecule has 9 heteroatoms. The van der Waals surface area contributed by atoms with Gasteiger partial charge in [-0.25, -0.2) is 4.98 Å². The van der Waals surface area contributed by atoms with E-state index >= 15 is 0 Å². The number of carbonyl (C=O) groups is 1. The summed E-state index contributed by atoms with van der Waals surface area (Å²) >= 11 is 2.78. The second kappa shape index (κ2) is 7.26. The highest BCUT2D eigenvalue weighted by molar-refractivity contribution is 7.99. The lowest BCUT2D eigenvalue weighted by Gasteiger charge is -2.09. The van der Waals surface area contributed by atoms with E-state index in [0.717, 1.165) is 21.2 Å². The number of thiazole rings is 1. The molecule has 7 nitrogen and oxygen atoms in total. The fourth-order valence-electron chi connectivity index (χ4n) is 2.19. The van der Waals surface area contributed by atoms with Gasteiger partial charge in [0.25, 0.3) is 5.91 Å². The van der Waals surface area contributed by atoms with Crippen molar-refractivity contribution in [3.63, 3.8) is 0 Å². The average Bonchev–Trinajstić information content (AvgIpc) is 3.15. The number of hydrogen-bond acceptors (Lipinski definition) is 7. The predicted octanol–water partition coefficient (Wildman–Crippen LogP) is 2.66. The van der Waals surface area contributed by atoms with E-state index in [1.165, 1.54) is 23.1 Å². The summed E-state index contributed by atoms with van der Waals surface area (Å²) in [6.45, 7) is 1.77. The van der Waals surface area contributed by atoms with Crippen LogP contribution < -0.4 is 11.1 Å². The third-order valence-corrected chi connectivity index (χ3v) is 5.53. The molecule has 0 spiro atoms. The van der Waals surface area contributed by atoms with Crippen LogP contribution in [0, 0.1) is 6.92 Å². The normalized spacial score (nSPS) is 10.8. The molecule has 0 saturated carbocycles. The lowest BCUT2D eigenvalue weighted by atomic mass is 10.1. The third-order valence-electron chi connectivity index (χ3n) is 3.45. The van der Waals surface area contributed by atoms with Gasteiger partial charge in [-0.1, -0.05) is 11.8 Å². The van der Waals surface area contributed by atoms with Gasteiger partial charge in [0.1, 0.15) is 5.03 Å². The first-order valence-corrected chi connectivity index (χ1v) is 9.10. The second-order valence-electron chi connectivity index (χ2n) is 5.36. The summed E-state index contributed by atoms with van der Waals surface area (Å²) in [5, 5.41) is 19.5. The molecule has 1 aromatic carbocycles. The minimum atomic E-state index is -0.304. The number of rotatable bonds is 5. The van der Waals surface area contributed by atoms with E-state index in [1.807, 2.05) is 18.4 Å². The highest BCUT2D eigenvalue weighted by Crippen LogP contribution is 2.32. The summed E-state index contributed by atoms with van der Waals surface area (Å²) in [6.07, 6.45) is 1.62. The van der Waals surface area contributed by atoms with E-state index < -0.39 is 0 Å². The van der Waals surface area contributed by atoms with Gasteiger partial charge in [-0.3, -0.25) is 14.8 Å². The Morgan fingerprint density at radius 1 is 1.48 bits per heavy atom. The first-order valence-electron chi connectivity index (χ1n) is 7.40.